The van der Waals surface area contributed by atoms with Crippen molar-refractivity contribution in [3.05, 3.63) is 11.6 Å². The van der Waals surface area contributed by atoms with Crippen molar-refractivity contribution in [3.63, 3.8) is 0 Å². The first-order valence-corrected chi connectivity index (χ1v) is 5.93. The summed E-state index contributed by atoms with van der Waals surface area (Å²) < 4.78 is 0. The topological polar surface area (TPSA) is 0 Å². The molecule has 0 saturated carbocycles. The minimum Gasteiger partial charge on any atom is -0.0811 e. The molecular weight excluding hydrogens is 168 g/mol. The molecule has 0 saturated heterocycles. The molecule has 0 amide bonds. The van der Waals surface area contributed by atoms with Gasteiger partial charge in [-0.15, -0.1) is 0 Å². The highest BCUT2D eigenvalue weighted by molar-refractivity contribution is 5.25. The number of hydrogen-bond donors (Lipinski definition) is 0. The summed E-state index contributed by atoms with van der Waals surface area (Å²) in [5.41, 5.74) is 2.48. The van der Waals surface area contributed by atoms with Gasteiger partial charge in [0.1, 0.15) is 0 Å². The van der Waals surface area contributed by atoms with Crippen LogP contribution in [0.3, 0.4) is 0 Å². The Morgan fingerprint density at radius 3 is 2.07 bits per heavy atom. The predicted octanol–water partition coefficient (Wildman–Crippen LogP) is 4.66. The molecule has 0 heterocycles. The molecule has 0 N–H and O–H groups in total. The van der Waals surface area contributed by atoms with Crippen LogP contribution in [0, 0.1) is 22.7 Å². The third-order valence-electron chi connectivity index (χ3n) is 4.15. The standard InChI is InChI=1S/C14H26/c1-8-11-12(13(3,4)5)9-10(2)14(11,6)7/h9-11H,8H2,1-7H3. The molecule has 0 spiro atoms. The molecule has 0 aromatic rings. The van der Waals surface area contributed by atoms with Gasteiger partial charge in [-0.25, -0.2) is 0 Å². The van der Waals surface area contributed by atoms with Crippen LogP contribution in [0.15, 0.2) is 11.6 Å². The lowest BCUT2D eigenvalue weighted by Crippen LogP contribution is -2.28. The highest BCUT2D eigenvalue weighted by atomic mass is 14.5. The van der Waals surface area contributed by atoms with Gasteiger partial charge in [0.25, 0.3) is 0 Å². The van der Waals surface area contributed by atoms with Crippen LogP contribution in [0.5, 0.6) is 0 Å². The molecule has 0 fully saturated rings. The molecule has 0 aromatic carbocycles. The molecule has 0 nitrogen and oxygen atoms in total. The van der Waals surface area contributed by atoms with Gasteiger partial charge in [-0.05, 0) is 29.1 Å². The average Bonchev–Trinajstić information content (AvgIpc) is 2.22. The van der Waals surface area contributed by atoms with Crippen molar-refractivity contribution < 1.29 is 0 Å². The fraction of sp³-hybridized carbons (Fsp3) is 0.857. The van der Waals surface area contributed by atoms with Crippen molar-refractivity contribution in [1.29, 1.82) is 0 Å². The second kappa shape index (κ2) is 3.40. The van der Waals surface area contributed by atoms with Crippen LogP contribution in [0.1, 0.15) is 54.9 Å². The Bertz CT molecular complexity index is 237. The molecule has 2 atom stereocenters. The zero-order chi connectivity index (χ0) is 11.1. The summed E-state index contributed by atoms with van der Waals surface area (Å²) in [6, 6.07) is 0. The fourth-order valence-corrected chi connectivity index (χ4v) is 2.84. The lowest BCUT2D eigenvalue weighted by atomic mass is 9.69. The molecule has 14 heavy (non-hydrogen) atoms. The summed E-state index contributed by atoms with van der Waals surface area (Å²) in [4.78, 5) is 0. The van der Waals surface area contributed by atoms with Crippen LogP contribution < -0.4 is 0 Å². The first kappa shape index (κ1) is 11.8. The Morgan fingerprint density at radius 2 is 1.79 bits per heavy atom. The fourth-order valence-electron chi connectivity index (χ4n) is 2.84. The highest BCUT2D eigenvalue weighted by Crippen LogP contribution is 2.52. The van der Waals surface area contributed by atoms with Gasteiger partial charge >= 0.3 is 0 Å². The van der Waals surface area contributed by atoms with E-state index in [1.54, 1.807) is 5.57 Å². The summed E-state index contributed by atoms with van der Waals surface area (Å²) >= 11 is 0. The summed E-state index contributed by atoms with van der Waals surface area (Å²) in [5, 5.41) is 0. The number of allylic oxidation sites excluding steroid dienone is 2. The maximum Gasteiger partial charge on any atom is -0.0144 e. The lowest BCUT2D eigenvalue weighted by molar-refractivity contribution is 0.192. The molecule has 1 aliphatic carbocycles. The van der Waals surface area contributed by atoms with E-state index in [0.29, 0.717) is 10.8 Å². The zero-order valence-electron chi connectivity index (χ0n) is 10.9. The normalized spacial score (nSPS) is 31.8. The summed E-state index contributed by atoms with van der Waals surface area (Å²) in [5.74, 6) is 1.50. The van der Waals surface area contributed by atoms with E-state index < -0.39 is 0 Å². The summed E-state index contributed by atoms with van der Waals surface area (Å²) in [6.45, 7) is 16.6. The monoisotopic (exact) mass is 194 g/mol. The van der Waals surface area contributed by atoms with Gasteiger partial charge in [-0.2, -0.15) is 0 Å². The Kier molecular flexibility index (Phi) is 2.87. The molecule has 1 rings (SSSR count). The van der Waals surface area contributed by atoms with Crippen LogP contribution in [0.25, 0.3) is 0 Å². The van der Waals surface area contributed by atoms with Crippen LogP contribution in [0.4, 0.5) is 0 Å². The van der Waals surface area contributed by atoms with Gasteiger partial charge in [0.15, 0.2) is 0 Å². The van der Waals surface area contributed by atoms with Crippen molar-refractivity contribution in [1.82, 2.24) is 0 Å². The third kappa shape index (κ3) is 1.76. The first-order chi connectivity index (χ1) is 6.21. The smallest absolute Gasteiger partial charge is 0.0144 e. The zero-order valence-corrected chi connectivity index (χ0v) is 10.9. The second-order valence-electron chi connectivity index (χ2n) is 6.44. The largest absolute Gasteiger partial charge is 0.0811 e. The van der Waals surface area contributed by atoms with E-state index in [9.17, 15) is 0 Å². The molecule has 82 valence electrons. The van der Waals surface area contributed by atoms with E-state index in [1.807, 2.05) is 0 Å². The average molecular weight is 194 g/mol. The summed E-state index contributed by atoms with van der Waals surface area (Å²) in [6.07, 6.45) is 3.80. The molecule has 2 unspecified atom stereocenters. The van der Waals surface area contributed by atoms with E-state index in [0.717, 1.165) is 11.8 Å². The number of hydrogen-bond acceptors (Lipinski definition) is 0. The molecule has 0 aromatic heterocycles. The Labute approximate surface area is 89.8 Å². The van der Waals surface area contributed by atoms with Gasteiger partial charge in [0.2, 0.25) is 0 Å². The van der Waals surface area contributed by atoms with Gasteiger partial charge < -0.3 is 0 Å². The SMILES string of the molecule is CCC1C(C(C)(C)C)=CC(C)C1(C)C. The Morgan fingerprint density at radius 1 is 1.29 bits per heavy atom. The van der Waals surface area contributed by atoms with E-state index in [2.05, 4.69) is 54.5 Å². The van der Waals surface area contributed by atoms with Crippen LogP contribution in [-0.2, 0) is 0 Å². The van der Waals surface area contributed by atoms with Crippen LogP contribution in [0.2, 0.25) is 0 Å². The van der Waals surface area contributed by atoms with Gasteiger partial charge in [0, 0.05) is 0 Å². The minimum absolute atomic E-state index is 0.350. The predicted molar refractivity (Wildman–Crippen MR) is 64.3 cm³/mol. The first-order valence-electron chi connectivity index (χ1n) is 5.93. The molecule has 1 aliphatic rings. The third-order valence-corrected chi connectivity index (χ3v) is 4.15. The van der Waals surface area contributed by atoms with E-state index in [-0.39, 0.29) is 0 Å². The van der Waals surface area contributed by atoms with E-state index >= 15 is 0 Å². The van der Waals surface area contributed by atoms with Crippen molar-refractivity contribution in [3.8, 4) is 0 Å². The summed E-state index contributed by atoms with van der Waals surface area (Å²) in [7, 11) is 0. The van der Waals surface area contributed by atoms with Crippen molar-refractivity contribution >= 4 is 0 Å². The minimum atomic E-state index is 0.350. The maximum atomic E-state index is 2.52. The quantitative estimate of drug-likeness (QED) is 0.532. The lowest BCUT2D eigenvalue weighted by Gasteiger charge is -2.36. The van der Waals surface area contributed by atoms with Gasteiger partial charge in [0.05, 0.1) is 0 Å². The van der Waals surface area contributed by atoms with Crippen molar-refractivity contribution in [2.24, 2.45) is 22.7 Å². The van der Waals surface area contributed by atoms with Crippen LogP contribution in [-0.4, -0.2) is 0 Å². The van der Waals surface area contributed by atoms with E-state index in [1.165, 1.54) is 6.42 Å². The molecule has 0 bridgehead atoms. The highest BCUT2D eigenvalue weighted by Gasteiger charge is 2.43. The van der Waals surface area contributed by atoms with Crippen molar-refractivity contribution in [2.45, 2.75) is 54.9 Å². The molecular formula is C14H26. The molecule has 0 radical (unpaired) electrons. The Balaban J connectivity index is 3.05. The van der Waals surface area contributed by atoms with Gasteiger partial charge in [-0.3, -0.25) is 0 Å². The van der Waals surface area contributed by atoms with Crippen molar-refractivity contribution in [2.75, 3.05) is 0 Å². The van der Waals surface area contributed by atoms with Gasteiger partial charge in [-0.1, -0.05) is 60.1 Å². The van der Waals surface area contributed by atoms with E-state index in [4.69, 9.17) is 0 Å². The maximum absolute atomic E-state index is 2.52. The van der Waals surface area contributed by atoms with Crippen LogP contribution >= 0.6 is 0 Å². The molecule has 0 aliphatic heterocycles. The number of rotatable bonds is 1. The Hall–Kier alpha value is -0.260. The molecule has 0 heteroatoms. The second-order valence-corrected chi connectivity index (χ2v) is 6.44.